The van der Waals surface area contributed by atoms with E-state index in [0.29, 0.717) is 17.0 Å². The smallest absolute Gasteiger partial charge is 0.291 e. The zero-order valence-corrected chi connectivity index (χ0v) is 15.6. The van der Waals surface area contributed by atoms with Crippen molar-refractivity contribution in [2.45, 2.75) is 6.92 Å². The lowest BCUT2D eigenvalue weighted by Crippen LogP contribution is -2.19. The molecule has 0 saturated heterocycles. The van der Waals surface area contributed by atoms with Crippen LogP contribution in [0.15, 0.2) is 82.6 Å². The molecule has 144 valence electrons. The minimum absolute atomic E-state index is 0.242. The number of H-pyrrole nitrogens is 1. The number of hydrogen-bond donors (Lipinski definition) is 3. The van der Waals surface area contributed by atoms with Gasteiger partial charge in [0.1, 0.15) is 0 Å². The molecule has 7 heteroatoms. The van der Waals surface area contributed by atoms with Gasteiger partial charge in [0.2, 0.25) is 0 Å². The van der Waals surface area contributed by atoms with Crippen molar-refractivity contribution >= 4 is 34.1 Å². The maximum atomic E-state index is 12.4. The summed E-state index contributed by atoms with van der Waals surface area (Å²) >= 11 is 0. The largest absolute Gasteiger partial charge is 0.459 e. The number of hydrazone groups is 1. The zero-order chi connectivity index (χ0) is 20.2. The van der Waals surface area contributed by atoms with Crippen molar-refractivity contribution in [2.24, 2.45) is 5.10 Å². The summed E-state index contributed by atoms with van der Waals surface area (Å²) in [5, 5.41) is 7.78. The molecule has 4 aromatic rings. The number of nitrogens with zero attached hydrogens (tertiary/aromatic N) is 1. The maximum absolute atomic E-state index is 12.4. The molecule has 0 fully saturated rings. The van der Waals surface area contributed by atoms with Crippen molar-refractivity contribution in [1.82, 2.24) is 10.4 Å². The van der Waals surface area contributed by atoms with Gasteiger partial charge in [0.25, 0.3) is 11.8 Å². The van der Waals surface area contributed by atoms with Crippen molar-refractivity contribution < 1.29 is 14.0 Å². The number of nitrogens with one attached hydrogen (secondary N) is 3. The van der Waals surface area contributed by atoms with Crippen LogP contribution in [0, 0.1) is 0 Å². The quantitative estimate of drug-likeness (QED) is 0.355. The van der Waals surface area contributed by atoms with Crippen LogP contribution in [0.4, 0.5) is 5.69 Å². The maximum Gasteiger partial charge on any atom is 0.291 e. The normalized spacial score (nSPS) is 11.4. The SMILES string of the molecule is C/C(=N/NC(=O)c1c[nH]c2ccccc12)c1ccc(NC(=O)c2ccco2)cc1. The van der Waals surface area contributed by atoms with Crippen LogP contribution in [-0.4, -0.2) is 22.5 Å². The first kappa shape index (κ1) is 18.2. The molecule has 29 heavy (non-hydrogen) atoms. The highest BCUT2D eigenvalue weighted by Crippen LogP contribution is 2.17. The Kier molecular flexibility index (Phi) is 4.94. The number of fused-ring (bicyclic) bond motifs is 1. The topological polar surface area (TPSA) is 99.5 Å². The predicted molar refractivity (Wildman–Crippen MR) is 111 cm³/mol. The van der Waals surface area contributed by atoms with Crippen LogP contribution in [-0.2, 0) is 0 Å². The van der Waals surface area contributed by atoms with Crippen molar-refractivity contribution in [2.75, 3.05) is 5.32 Å². The van der Waals surface area contributed by atoms with Crippen molar-refractivity contribution in [3.63, 3.8) is 0 Å². The van der Waals surface area contributed by atoms with E-state index in [4.69, 9.17) is 4.42 Å². The molecule has 2 heterocycles. The van der Waals surface area contributed by atoms with E-state index in [1.807, 2.05) is 36.4 Å². The van der Waals surface area contributed by atoms with Crippen LogP contribution in [0.1, 0.15) is 33.4 Å². The summed E-state index contributed by atoms with van der Waals surface area (Å²) in [5.41, 5.74) is 6.11. The minimum Gasteiger partial charge on any atom is -0.459 e. The summed E-state index contributed by atoms with van der Waals surface area (Å²) in [6.45, 7) is 1.80. The van der Waals surface area contributed by atoms with Crippen molar-refractivity contribution in [1.29, 1.82) is 0 Å². The third-order valence-electron chi connectivity index (χ3n) is 4.46. The van der Waals surface area contributed by atoms with Gasteiger partial charge in [0.05, 0.1) is 17.5 Å². The number of amides is 2. The number of aromatic amines is 1. The average Bonchev–Trinajstić information content (AvgIpc) is 3.42. The summed E-state index contributed by atoms with van der Waals surface area (Å²) < 4.78 is 5.07. The molecule has 0 unspecified atom stereocenters. The Labute approximate surface area is 166 Å². The van der Waals surface area contributed by atoms with E-state index in [-0.39, 0.29) is 17.6 Å². The summed E-state index contributed by atoms with van der Waals surface area (Å²) in [6, 6.07) is 18.0. The van der Waals surface area contributed by atoms with Crippen LogP contribution in [0.5, 0.6) is 0 Å². The Balaban J connectivity index is 1.42. The van der Waals surface area contributed by atoms with Crippen LogP contribution in [0.25, 0.3) is 10.9 Å². The van der Waals surface area contributed by atoms with Crippen LogP contribution >= 0.6 is 0 Å². The second-order valence-corrected chi connectivity index (χ2v) is 6.39. The molecular weight excluding hydrogens is 368 g/mol. The fourth-order valence-corrected chi connectivity index (χ4v) is 2.91. The lowest BCUT2D eigenvalue weighted by atomic mass is 10.1. The molecule has 0 aliphatic carbocycles. The first-order valence-electron chi connectivity index (χ1n) is 8.98. The van der Waals surface area contributed by atoms with Gasteiger partial charge in [-0.25, -0.2) is 5.43 Å². The van der Waals surface area contributed by atoms with Crippen LogP contribution < -0.4 is 10.7 Å². The fourth-order valence-electron chi connectivity index (χ4n) is 2.91. The van der Waals surface area contributed by atoms with E-state index in [0.717, 1.165) is 16.5 Å². The van der Waals surface area contributed by atoms with E-state index in [9.17, 15) is 9.59 Å². The zero-order valence-electron chi connectivity index (χ0n) is 15.6. The standard InChI is InChI=1S/C22H18N4O3/c1-14(25-26-21(27)18-13-23-19-6-3-2-5-17(18)19)15-8-10-16(11-9-15)24-22(28)20-7-4-12-29-20/h2-13,23H,1H3,(H,24,28)(H,26,27)/b25-14-. The third kappa shape index (κ3) is 3.93. The Morgan fingerprint density at radius 3 is 2.52 bits per heavy atom. The van der Waals surface area contributed by atoms with Crippen LogP contribution in [0.2, 0.25) is 0 Å². The molecule has 0 aliphatic heterocycles. The lowest BCUT2D eigenvalue weighted by molar-refractivity contribution is 0.0955. The summed E-state index contributed by atoms with van der Waals surface area (Å²) in [7, 11) is 0. The lowest BCUT2D eigenvalue weighted by Gasteiger charge is -2.06. The molecule has 0 saturated carbocycles. The number of rotatable bonds is 5. The molecule has 3 N–H and O–H groups in total. The Morgan fingerprint density at radius 1 is 0.966 bits per heavy atom. The van der Waals surface area contributed by atoms with Crippen molar-refractivity contribution in [3.05, 3.63) is 90.0 Å². The number of aromatic nitrogens is 1. The van der Waals surface area contributed by atoms with E-state index < -0.39 is 0 Å². The Bertz CT molecular complexity index is 1190. The van der Waals surface area contributed by atoms with Gasteiger partial charge >= 0.3 is 0 Å². The number of anilines is 1. The molecular formula is C22H18N4O3. The monoisotopic (exact) mass is 386 g/mol. The number of benzene rings is 2. The summed E-state index contributed by atoms with van der Waals surface area (Å²) in [4.78, 5) is 27.5. The number of carbonyl (C=O) groups is 2. The average molecular weight is 386 g/mol. The molecule has 0 atom stereocenters. The molecule has 0 radical (unpaired) electrons. The first-order chi connectivity index (χ1) is 14.1. The van der Waals surface area contributed by atoms with Gasteiger partial charge < -0.3 is 14.7 Å². The van der Waals surface area contributed by atoms with Gasteiger partial charge in [-0.1, -0.05) is 30.3 Å². The second-order valence-electron chi connectivity index (χ2n) is 6.39. The molecule has 4 rings (SSSR count). The van der Waals surface area contributed by atoms with Gasteiger partial charge in [-0.15, -0.1) is 0 Å². The summed E-state index contributed by atoms with van der Waals surface area (Å²) in [6.07, 6.45) is 3.11. The first-order valence-corrected chi connectivity index (χ1v) is 8.98. The number of hydrogen-bond acceptors (Lipinski definition) is 4. The second kappa shape index (κ2) is 7.85. The van der Waals surface area contributed by atoms with E-state index in [1.54, 1.807) is 37.4 Å². The Morgan fingerprint density at radius 2 is 1.76 bits per heavy atom. The Hall–Kier alpha value is -4.13. The van der Waals surface area contributed by atoms with Crippen molar-refractivity contribution in [3.8, 4) is 0 Å². The highest BCUT2D eigenvalue weighted by molar-refractivity contribution is 6.08. The minimum atomic E-state index is -0.320. The molecule has 0 aliphatic rings. The van der Waals surface area contributed by atoms with Gasteiger partial charge in [-0.05, 0) is 42.8 Å². The van der Waals surface area contributed by atoms with Gasteiger partial charge in [0.15, 0.2) is 5.76 Å². The van der Waals surface area contributed by atoms with E-state index >= 15 is 0 Å². The van der Waals surface area contributed by atoms with E-state index in [1.165, 1.54) is 6.26 Å². The molecule has 2 aromatic carbocycles. The molecule has 2 amide bonds. The fraction of sp³-hybridized carbons (Fsp3) is 0.0455. The number of carbonyl (C=O) groups excluding carboxylic acids is 2. The van der Waals surface area contributed by atoms with Gasteiger partial charge in [-0.2, -0.15) is 5.10 Å². The molecule has 0 spiro atoms. The molecule has 0 bridgehead atoms. The predicted octanol–water partition coefficient (Wildman–Crippen LogP) is 4.17. The van der Waals surface area contributed by atoms with Gasteiger partial charge in [0, 0.05) is 22.8 Å². The number of furan rings is 1. The van der Waals surface area contributed by atoms with Gasteiger partial charge in [-0.3, -0.25) is 9.59 Å². The van der Waals surface area contributed by atoms with Crippen LogP contribution in [0.3, 0.4) is 0 Å². The third-order valence-corrected chi connectivity index (χ3v) is 4.46. The number of para-hydroxylation sites is 1. The highest BCUT2D eigenvalue weighted by Gasteiger charge is 2.11. The highest BCUT2D eigenvalue weighted by atomic mass is 16.3. The van der Waals surface area contributed by atoms with E-state index in [2.05, 4.69) is 20.8 Å². The molecule has 7 nitrogen and oxygen atoms in total. The molecule has 2 aromatic heterocycles. The summed E-state index contributed by atoms with van der Waals surface area (Å²) in [5.74, 6) is -0.366.